The van der Waals surface area contributed by atoms with E-state index in [2.05, 4.69) is 5.32 Å². The highest BCUT2D eigenvalue weighted by Gasteiger charge is 2.22. The summed E-state index contributed by atoms with van der Waals surface area (Å²) in [4.78, 5) is 12.1. The van der Waals surface area contributed by atoms with Gasteiger partial charge in [-0.1, -0.05) is 43.1 Å². The Balaban J connectivity index is 3.05. The summed E-state index contributed by atoms with van der Waals surface area (Å²) >= 11 is 11.9. The van der Waals surface area contributed by atoms with Crippen molar-refractivity contribution in [3.63, 3.8) is 0 Å². The van der Waals surface area contributed by atoms with Crippen molar-refractivity contribution in [2.45, 2.75) is 19.8 Å². The van der Waals surface area contributed by atoms with Gasteiger partial charge in [-0.2, -0.15) is 0 Å². The SMILES string of the molecule is CNCC(C(=O)C(C)C)c1ccc(Cl)c(Cl)c1. The molecule has 4 heteroatoms. The van der Waals surface area contributed by atoms with E-state index in [0.29, 0.717) is 16.6 Å². The van der Waals surface area contributed by atoms with Crippen molar-refractivity contribution in [2.24, 2.45) is 5.92 Å². The third-order valence-corrected chi connectivity index (χ3v) is 3.41. The number of carbonyl (C=O) groups excluding carboxylic acids is 1. The summed E-state index contributed by atoms with van der Waals surface area (Å²) in [6.45, 7) is 4.42. The first-order valence-electron chi connectivity index (χ1n) is 5.60. The lowest BCUT2D eigenvalue weighted by molar-refractivity contribution is -0.123. The number of carbonyl (C=O) groups is 1. The zero-order valence-electron chi connectivity index (χ0n) is 10.3. The molecule has 0 saturated heterocycles. The van der Waals surface area contributed by atoms with Gasteiger partial charge in [-0.15, -0.1) is 0 Å². The summed E-state index contributed by atoms with van der Waals surface area (Å²) in [5.74, 6) is 0.0373. The topological polar surface area (TPSA) is 29.1 Å². The largest absolute Gasteiger partial charge is 0.319 e. The molecular weight excluding hydrogens is 257 g/mol. The van der Waals surface area contributed by atoms with E-state index in [1.54, 1.807) is 12.1 Å². The Bertz CT molecular complexity index is 404. The molecule has 0 heterocycles. The van der Waals surface area contributed by atoms with Crippen LogP contribution in [0.3, 0.4) is 0 Å². The molecule has 1 atom stereocenters. The summed E-state index contributed by atoms with van der Waals surface area (Å²) in [5, 5.41) is 4.04. The van der Waals surface area contributed by atoms with Gasteiger partial charge < -0.3 is 5.32 Å². The van der Waals surface area contributed by atoms with Crippen LogP contribution in [0.15, 0.2) is 18.2 Å². The Kier molecular flexibility index (Phi) is 5.44. The molecule has 0 aliphatic carbocycles. The molecule has 0 aliphatic rings. The normalized spacial score (nSPS) is 12.8. The third kappa shape index (κ3) is 3.70. The predicted molar refractivity (Wildman–Crippen MR) is 73.0 cm³/mol. The van der Waals surface area contributed by atoms with E-state index in [1.807, 2.05) is 27.0 Å². The summed E-state index contributed by atoms with van der Waals surface area (Å²) < 4.78 is 0. The number of nitrogens with one attached hydrogen (secondary N) is 1. The molecular formula is C13H17Cl2NO. The molecule has 94 valence electrons. The number of hydrogen-bond acceptors (Lipinski definition) is 2. The average molecular weight is 274 g/mol. The van der Waals surface area contributed by atoms with E-state index in [0.717, 1.165) is 5.56 Å². The number of ketones is 1. The molecule has 1 unspecified atom stereocenters. The zero-order valence-corrected chi connectivity index (χ0v) is 11.8. The van der Waals surface area contributed by atoms with Crippen LogP contribution in [0, 0.1) is 5.92 Å². The number of halogens is 2. The predicted octanol–water partition coefficient (Wildman–Crippen LogP) is 3.52. The minimum absolute atomic E-state index is 0.00260. The lowest BCUT2D eigenvalue weighted by Crippen LogP contribution is -2.27. The lowest BCUT2D eigenvalue weighted by Gasteiger charge is -2.18. The van der Waals surface area contributed by atoms with Gasteiger partial charge in [-0.05, 0) is 24.7 Å². The average Bonchev–Trinajstić information content (AvgIpc) is 2.29. The number of Topliss-reactive ketones (excluding diaryl/α,β-unsaturated/α-hetero) is 1. The molecule has 0 aliphatic heterocycles. The van der Waals surface area contributed by atoms with E-state index in [-0.39, 0.29) is 17.6 Å². The Hall–Kier alpha value is -0.570. The molecule has 0 aromatic heterocycles. The molecule has 17 heavy (non-hydrogen) atoms. The van der Waals surface area contributed by atoms with Gasteiger partial charge in [0.05, 0.1) is 16.0 Å². The Morgan fingerprint density at radius 3 is 2.41 bits per heavy atom. The molecule has 1 aromatic rings. The first kappa shape index (κ1) is 14.5. The molecule has 1 aromatic carbocycles. The van der Waals surface area contributed by atoms with Crippen LogP contribution in [-0.4, -0.2) is 19.4 Å². The van der Waals surface area contributed by atoms with Gasteiger partial charge in [0.1, 0.15) is 5.78 Å². The lowest BCUT2D eigenvalue weighted by atomic mass is 9.89. The van der Waals surface area contributed by atoms with Gasteiger partial charge in [-0.25, -0.2) is 0 Å². The first-order chi connectivity index (χ1) is 7.97. The van der Waals surface area contributed by atoms with Crippen molar-refractivity contribution in [2.75, 3.05) is 13.6 Å². The van der Waals surface area contributed by atoms with E-state index in [4.69, 9.17) is 23.2 Å². The highest BCUT2D eigenvalue weighted by molar-refractivity contribution is 6.42. The number of benzene rings is 1. The van der Waals surface area contributed by atoms with Gasteiger partial charge in [-0.3, -0.25) is 4.79 Å². The van der Waals surface area contributed by atoms with Gasteiger partial charge in [0.2, 0.25) is 0 Å². The van der Waals surface area contributed by atoms with E-state index in [9.17, 15) is 4.79 Å². The van der Waals surface area contributed by atoms with Crippen molar-refractivity contribution in [3.05, 3.63) is 33.8 Å². The second-order valence-corrected chi connectivity index (χ2v) is 5.16. The van der Waals surface area contributed by atoms with Gasteiger partial charge >= 0.3 is 0 Å². The minimum Gasteiger partial charge on any atom is -0.319 e. The fraction of sp³-hybridized carbons (Fsp3) is 0.462. The standard InChI is InChI=1S/C13H17Cl2NO/c1-8(2)13(17)10(7-16-3)9-4-5-11(14)12(15)6-9/h4-6,8,10,16H,7H2,1-3H3. The number of likely N-dealkylation sites (N-methyl/N-ethyl adjacent to an activating group) is 1. The second-order valence-electron chi connectivity index (χ2n) is 4.34. The van der Waals surface area contributed by atoms with Crippen LogP contribution in [0.5, 0.6) is 0 Å². The van der Waals surface area contributed by atoms with Crippen LogP contribution in [0.1, 0.15) is 25.3 Å². The summed E-state index contributed by atoms with van der Waals surface area (Å²) in [6.07, 6.45) is 0. The van der Waals surface area contributed by atoms with Crippen molar-refractivity contribution >= 4 is 29.0 Å². The Labute approximate surface area is 112 Å². The maximum Gasteiger partial charge on any atom is 0.144 e. The van der Waals surface area contributed by atoms with Crippen LogP contribution in [0.25, 0.3) is 0 Å². The van der Waals surface area contributed by atoms with Gasteiger partial charge in [0, 0.05) is 12.5 Å². The number of hydrogen-bond donors (Lipinski definition) is 1. The molecule has 0 amide bonds. The fourth-order valence-corrected chi connectivity index (χ4v) is 2.02. The quantitative estimate of drug-likeness (QED) is 0.890. The van der Waals surface area contributed by atoms with E-state index < -0.39 is 0 Å². The highest BCUT2D eigenvalue weighted by Crippen LogP contribution is 2.28. The highest BCUT2D eigenvalue weighted by atomic mass is 35.5. The van der Waals surface area contributed by atoms with E-state index in [1.165, 1.54) is 0 Å². The van der Waals surface area contributed by atoms with Crippen molar-refractivity contribution in [1.29, 1.82) is 0 Å². The van der Waals surface area contributed by atoms with Gasteiger partial charge in [0.25, 0.3) is 0 Å². The molecule has 0 bridgehead atoms. The Morgan fingerprint density at radius 2 is 1.94 bits per heavy atom. The minimum atomic E-state index is -0.172. The maximum atomic E-state index is 12.1. The summed E-state index contributed by atoms with van der Waals surface area (Å²) in [6, 6.07) is 5.36. The second kappa shape index (κ2) is 6.39. The van der Waals surface area contributed by atoms with Gasteiger partial charge in [0.15, 0.2) is 0 Å². The monoisotopic (exact) mass is 273 g/mol. The van der Waals surface area contributed by atoms with Crippen molar-refractivity contribution in [3.8, 4) is 0 Å². The molecule has 1 N–H and O–H groups in total. The number of rotatable bonds is 5. The molecule has 2 nitrogen and oxygen atoms in total. The summed E-state index contributed by atoms with van der Waals surface area (Å²) in [5.41, 5.74) is 0.910. The van der Waals surface area contributed by atoms with Crippen LogP contribution >= 0.6 is 23.2 Å². The first-order valence-corrected chi connectivity index (χ1v) is 6.36. The third-order valence-electron chi connectivity index (χ3n) is 2.67. The van der Waals surface area contributed by atoms with Crippen LogP contribution in [-0.2, 0) is 4.79 Å². The molecule has 0 fully saturated rings. The van der Waals surface area contributed by atoms with Crippen molar-refractivity contribution in [1.82, 2.24) is 5.32 Å². The smallest absolute Gasteiger partial charge is 0.144 e. The maximum absolute atomic E-state index is 12.1. The molecule has 0 radical (unpaired) electrons. The van der Waals surface area contributed by atoms with Crippen LogP contribution < -0.4 is 5.32 Å². The summed E-state index contributed by atoms with van der Waals surface area (Å²) in [7, 11) is 1.83. The molecule has 0 saturated carbocycles. The van der Waals surface area contributed by atoms with Crippen LogP contribution in [0.2, 0.25) is 10.0 Å². The fourth-order valence-electron chi connectivity index (χ4n) is 1.72. The molecule has 0 spiro atoms. The Morgan fingerprint density at radius 1 is 1.29 bits per heavy atom. The van der Waals surface area contributed by atoms with E-state index >= 15 is 0 Å². The zero-order chi connectivity index (χ0) is 13.0. The van der Waals surface area contributed by atoms with Crippen molar-refractivity contribution < 1.29 is 4.79 Å². The van der Waals surface area contributed by atoms with Crippen LogP contribution in [0.4, 0.5) is 0 Å². The molecule has 1 rings (SSSR count).